The molecule has 0 atom stereocenters. The van der Waals surface area contributed by atoms with Crippen LogP contribution in [0.5, 0.6) is 0 Å². The van der Waals surface area contributed by atoms with Crippen molar-refractivity contribution in [2.24, 2.45) is 0 Å². The van der Waals surface area contributed by atoms with Crippen LogP contribution >= 0.6 is 39.7 Å². The van der Waals surface area contributed by atoms with Gasteiger partial charge in [0.25, 0.3) is 0 Å². The van der Waals surface area contributed by atoms with E-state index in [2.05, 4.69) is 36.6 Å². The Morgan fingerprint density at radius 1 is 1.08 bits per heavy atom. The van der Waals surface area contributed by atoms with Crippen LogP contribution in [0.2, 0.25) is 5.02 Å². The maximum Gasteiger partial charge on any atom is 0.248 e. The zero-order chi connectivity index (χ0) is 16.9. The van der Waals surface area contributed by atoms with E-state index in [1.54, 1.807) is 11.0 Å². The Morgan fingerprint density at radius 2 is 1.79 bits per heavy atom. The predicted octanol–water partition coefficient (Wildman–Crippen LogP) is 4.55. The van der Waals surface area contributed by atoms with E-state index in [9.17, 15) is 0 Å². The van der Waals surface area contributed by atoms with Gasteiger partial charge in [-0.1, -0.05) is 39.7 Å². The molecule has 2 aromatic carbocycles. The summed E-state index contributed by atoms with van der Waals surface area (Å²) in [5, 5.41) is 11.5. The number of aromatic nitrogens is 3. The third-order valence-corrected chi connectivity index (χ3v) is 4.11. The Kier molecular flexibility index (Phi) is 5.44. The molecule has 0 spiro atoms. The summed E-state index contributed by atoms with van der Waals surface area (Å²) in [5.74, 6) is 0.443. The van der Waals surface area contributed by atoms with Crippen LogP contribution in [0.4, 0.5) is 11.6 Å². The Labute approximate surface area is 158 Å². The minimum absolute atomic E-state index is 0.432. The number of thiocarbonyl (C=S) groups is 1. The highest BCUT2D eigenvalue weighted by Crippen LogP contribution is 2.14. The van der Waals surface area contributed by atoms with Gasteiger partial charge < -0.3 is 5.32 Å². The summed E-state index contributed by atoms with van der Waals surface area (Å²) >= 11 is 14.5. The number of nitrogens with one attached hydrogen (secondary N) is 2. The van der Waals surface area contributed by atoms with Gasteiger partial charge in [0.05, 0.1) is 6.54 Å². The summed E-state index contributed by atoms with van der Waals surface area (Å²) in [5.41, 5.74) is 1.97. The molecule has 0 saturated carbocycles. The molecule has 8 heteroatoms. The Bertz CT molecular complexity index is 832. The van der Waals surface area contributed by atoms with Crippen molar-refractivity contribution < 1.29 is 0 Å². The second-order valence-corrected chi connectivity index (χ2v) is 6.74. The fraction of sp³-hybridized carbons (Fsp3) is 0.0625. The summed E-state index contributed by atoms with van der Waals surface area (Å²) in [6.07, 6.45) is 1.65. The van der Waals surface area contributed by atoms with Gasteiger partial charge in [0.15, 0.2) is 5.11 Å². The van der Waals surface area contributed by atoms with Crippen LogP contribution in [0.15, 0.2) is 59.3 Å². The minimum atomic E-state index is 0.432. The van der Waals surface area contributed by atoms with E-state index < -0.39 is 0 Å². The lowest BCUT2D eigenvalue weighted by Crippen LogP contribution is -2.20. The molecule has 0 bridgehead atoms. The molecule has 0 aliphatic heterocycles. The summed E-state index contributed by atoms with van der Waals surface area (Å²) in [6, 6.07) is 15.3. The fourth-order valence-corrected chi connectivity index (χ4v) is 2.60. The standard InChI is InChI=1S/C16H13BrClN5S/c17-12-3-7-14(8-4-12)20-16(24)21-15-19-10-23(22-15)9-11-1-5-13(18)6-2-11/h1-8,10H,9H2,(H2,20,21,22,24). The van der Waals surface area contributed by atoms with Crippen LogP contribution in [0.25, 0.3) is 0 Å². The van der Waals surface area contributed by atoms with Gasteiger partial charge in [-0.05, 0) is 54.2 Å². The third kappa shape index (κ3) is 4.77. The van der Waals surface area contributed by atoms with Crippen LogP contribution < -0.4 is 10.6 Å². The average Bonchev–Trinajstić information content (AvgIpc) is 2.99. The van der Waals surface area contributed by atoms with E-state index >= 15 is 0 Å². The van der Waals surface area contributed by atoms with Gasteiger partial charge in [-0.3, -0.25) is 5.32 Å². The van der Waals surface area contributed by atoms with Crippen molar-refractivity contribution in [3.63, 3.8) is 0 Å². The highest BCUT2D eigenvalue weighted by Gasteiger charge is 2.04. The largest absolute Gasteiger partial charge is 0.332 e. The lowest BCUT2D eigenvalue weighted by molar-refractivity contribution is 0.687. The lowest BCUT2D eigenvalue weighted by atomic mass is 10.2. The highest BCUT2D eigenvalue weighted by molar-refractivity contribution is 9.10. The van der Waals surface area contributed by atoms with E-state index in [1.165, 1.54) is 0 Å². The van der Waals surface area contributed by atoms with Gasteiger partial charge in [-0.15, -0.1) is 5.10 Å². The third-order valence-electron chi connectivity index (χ3n) is 3.12. The van der Waals surface area contributed by atoms with E-state index in [1.807, 2.05) is 48.5 Å². The number of anilines is 2. The van der Waals surface area contributed by atoms with E-state index in [0.29, 0.717) is 22.6 Å². The van der Waals surface area contributed by atoms with Gasteiger partial charge in [-0.2, -0.15) is 0 Å². The Balaban J connectivity index is 1.58. The number of nitrogens with zero attached hydrogens (tertiary/aromatic N) is 3. The van der Waals surface area contributed by atoms with E-state index in [-0.39, 0.29) is 0 Å². The number of hydrogen-bond donors (Lipinski definition) is 2. The predicted molar refractivity (Wildman–Crippen MR) is 105 cm³/mol. The highest BCUT2D eigenvalue weighted by atomic mass is 79.9. The molecule has 0 aliphatic carbocycles. The molecule has 0 radical (unpaired) electrons. The van der Waals surface area contributed by atoms with Crippen LogP contribution in [0.3, 0.4) is 0 Å². The van der Waals surface area contributed by atoms with Crippen LogP contribution in [-0.2, 0) is 6.54 Å². The van der Waals surface area contributed by atoms with Crippen molar-refractivity contribution in [3.8, 4) is 0 Å². The molecule has 2 N–H and O–H groups in total. The van der Waals surface area contributed by atoms with Crippen molar-refractivity contribution >= 4 is 56.5 Å². The van der Waals surface area contributed by atoms with Gasteiger partial charge in [-0.25, -0.2) is 9.67 Å². The first kappa shape index (κ1) is 16.9. The first-order chi connectivity index (χ1) is 11.6. The fourth-order valence-electron chi connectivity index (χ4n) is 2.00. The number of hydrogen-bond acceptors (Lipinski definition) is 3. The van der Waals surface area contributed by atoms with Gasteiger partial charge in [0, 0.05) is 15.2 Å². The van der Waals surface area contributed by atoms with Gasteiger partial charge >= 0.3 is 0 Å². The molecule has 24 heavy (non-hydrogen) atoms. The molecule has 0 aliphatic rings. The molecular formula is C16H13BrClN5S. The van der Waals surface area contributed by atoms with Gasteiger partial charge in [0.1, 0.15) is 6.33 Å². The molecule has 122 valence electrons. The van der Waals surface area contributed by atoms with E-state index in [0.717, 1.165) is 15.7 Å². The quantitative estimate of drug-likeness (QED) is 0.604. The SMILES string of the molecule is S=C(Nc1ccc(Br)cc1)Nc1ncn(Cc2ccc(Cl)cc2)n1. The average molecular weight is 423 g/mol. The molecule has 0 saturated heterocycles. The number of benzene rings is 2. The summed E-state index contributed by atoms with van der Waals surface area (Å²) in [6.45, 7) is 0.610. The number of rotatable bonds is 4. The zero-order valence-electron chi connectivity index (χ0n) is 12.4. The van der Waals surface area contributed by atoms with Crippen molar-refractivity contribution in [1.82, 2.24) is 14.8 Å². The molecule has 1 heterocycles. The van der Waals surface area contributed by atoms with E-state index in [4.69, 9.17) is 23.8 Å². The molecule has 1 aromatic heterocycles. The molecule has 3 aromatic rings. The van der Waals surface area contributed by atoms with Crippen LogP contribution in [-0.4, -0.2) is 19.9 Å². The summed E-state index contributed by atoms with van der Waals surface area (Å²) < 4.78 is 2.74. The smallest absolute Gasteiger partial charge is 0.248 e. The molecule has 0 unspecified atom stereocenters. The molecular weight excluding hydrogens is 410 g/mol. The minimum Gasteiger partial charge on any atom is -0.332 e. The summed E-state index contributed by atoms with van der Waals surface area (Å²) in [4.78, 5) is 4.21. The zero-order valence-corrected chi connectivity index (χ0v) is 15.6. The second-order valence-electron chi connectivity index (χ2n) is 4.98. The Hall–Kier alpha value is -1.96. The van der Waals surface area contributed by atoms with Crippen molar-refractivity contribution in [2.45, 2.75) is 6.54 Å². The van der Waals surface area contributed by atoms with Crippen molar-refractivity contribution in [3.05, 3.63) is 69.9 Å². The maximum absolute atomic E-state index is 5.88. The normalized spacial score (nSPS) is 10.4. The molecule has 3 rings (SSSR count). The maximum atomic E-state index is 5.88. The van der Waals surface area contributed by atoms with Crippen molar-refractivity contribution in [1.29, 1.82) is 0 Å². The first-order valence-corrected chi connectivity index (χ1v) is 8.64. The lowest BCUT2D eigenvalue weighted by Gasteiger charge is -2.07. The van der Waals surface area contributed by atoms with Gasteiger partial charge in [0.2, 0.25) is 5.95 Å². The first-order valence-electron chi connectivity index (χ1n) is 7.06. The molecule has 0 fully saturated rings. The Morgan fingerprint density at radius 3 is 2.50 bits per heavy atom. The summed E-state index contributed by atoms with van der Waals surface area (Å²) in [7, 11) is 0. The number of halogens is 2. The topological polar surface area (TPSA) is 54.8 Å². The van der Waals surface area contributed by atoms with Crippen LogP contribution in [0.1, 0.15) is 5.56 Å². The van der Waals surface area contributed by atoms with Crippen LogP contribution in [0, 0.1) is 0 Å². The molecule has 5 nitrogen and oxygen atoms in total. The monoisotopic (exact) mass is 421 g/mol. The second kappa shape index (κ2) is 7.74. The molecule has 0 amide bonds. The van der Waals surface area contributed by atoms with Crippen molar-refractivity contribution in [2.75, 3.05) is 10.6 Å².